The molecule has 7 heteroatoms. The van der Waals surface area contributed by atoms with Crippen LogP contribution in [0.2, 0.25) is 5.02 Å². The molecule has 0 radical (unpaired) electrons. The average molecular weight is 326 g/mol. The molecule has 5 nitrogen and oxygen atoms in total. The maximum atomic E-state index is 12.3. The van der Waals surface area contributed by atoms with Crippen molar-refractivity contribution in [1.29, 1.82) is 0 Å². The SMILES string of the molecule is Cc1c(Cl)cccc1NS(=O)(=O)c1cccc(C(=O)O)c1. The van der Waals surface area contributed by atoms with Crippen LogP contribution in [-0.2, 0) is 10.0 Å². The van der Waals surface area contributed by atoms with Gasteiger partial charge >= 0.3 is 5.97 Å². The maximum Gasteiger partial charge on any atom is 0.335 e. The van der Waals surface area contributed by atoms with Gasteiger partial charge in [-0.15, -0.1) is 0 Å². The molecule has 0 aliphatic carbocycles. The predicted octanol–water partition coefficient (Wildman–Crippen LogP) is 3.15. The van der Waals surface area contributed by atoms with Crippen LogP contribution >= 0.6 is 11.6 Å². The van der Waals surface area contributed by atoms with Crippen LogP contribution in [0.1, 0.15) is 15.9 Å². The molecule has 0 amide bonds. The number of nitrogens with one attached hydrogen (secondary N) is 1. The van der Waals surface area contributed by atoms with Crippen LogP contribution in [0.15, 0.2) is 47.4 Å². The Morgan fingerprint density at radius 3 is 2.52 bits per heavy atom. The third-order valence-corrected chi connectivity index (χ3v) is 4.68. The Labute approximate surface area is 127 Å². The van der Waals surface area contributed by atoms with Gasteiger partial charge in [0.2, 0.25) is 0 Å². The lowest BCUT2D eigenvalue weighted by atomic mass is 10.2. The number of carboxylic acids is 1. The minimum absolute atomic E-state index is 0.0966. The molecule has 0 saturated heterocycles. The molecule has 2 rings (SSSR count). The van der Waals surface area contributed by atoms with E-state index in [0.29, 0.717) is 16.3 Å². The highest BCUT2D eigenvalue weighted by Gasteiger charge is 2.17. The third kappa shape index (κ3) is 3.34. The summed E-state index contributed by atoms with van der Waals surface area (Å²) in [6.45, 7) is 1.69. The Kier molecular flexibility index (Phi) is 4.20. The van der Waals surface area contributed by atoms with E-state index in [4.69, 9.17) is 16.7 Å². The molecule has 0 unspecified atom stereocenters. The molecular weight excluding hydrogens is 314 g/mol. The van der Waals surface area contributed by atoms with Crippen molar-refractivity contribution in [2.45, 2.75) is 11.8 Å². The number of hydrogen-bond acceptors (Lipinski definition) is 3. The molecule has 0 aliphatic rings. The third-order valence-electron chi connectivity index (χ3n) is 2.90. The fourth-order valence-corrected chi connectivity index (χ4v) is 3.06. The van der Waals surface area contributed by atoms with Crippen molar-refractivity contribution in [3.63, 3.8) is 0 Å². The highest BCUT2D eigenvalue weighted by Crippen LogP contribution is 2.25. The van der Waals surface area contributed by atoms with Gasteiger partial charge in [0.05, 0.1) is 16.1 Å². The quantitative estimate of drug-likeness (QED) is 0.904. The molecule has 21 heavy (non-hydrogen) atoms. The lowest BCUT2D eigenvalue weighted by Crippen LogP contribution is -2.14. The van der Waals surface area contributed by atoms with E-state index in [1.807, 2.05) is 0 Å². The highest BCUT2D eigenvalue weighted by molar-refractivity contribution is 7.92. The van der Waals surface area contributed by atoms with E-state index in [1.54, 1.807) is 25.1 Å². The Hall–Kier alpha value is -2.05. The second kappa shape index (κ2) is 5.75. The van der Waals surface area contributed by atoms with Gasteiger partial charge in [0.1, 0.15) is 0 Å². The van der Waals surface area contributed by atoms with Gasteiger partial charge in [-0.05, 0) is 42.8 Å². The van der Waals surface area contributed by atoms with E-state index in [-0.39, 0.29) is 10.5 Å². The zero-order valence-electron chi connectivity index (χ0n) is 11.0. The predicted molar refractivity (Wildman–Crippen MR) is 80.4 cm³/mol. The van der Waals surface area contributed by atoms with Crippen molar-refractivity contribution in [2.24, 2.45) is 0 Å². The second-order valence-corrected chi connectivity index (χ2v) is 6.44. The largest absolute Gasteiger partial charge is 0.478 e. The van der Waals surface area contributed by atoms with Gasteiger partial charge in [-0.2, -0.15) is 0 Å². The number of rotatable bonds is 4. The summed E-state index contributed by atoms with van der Waals surface area (Å²) >= 11 is 5.94. The summed E-state index contributed by atoms with van der Waals surface area (Å²) < 4.78 is 27.0. The molecule has 0 fully saturated rings. The zero-order chi connectivity index (χ0) is 15.6. The Bertz CT molecular complexity index is 802. The summed E-state index contributed by atoms with van der Waals surface area (Å²) in [4.78, 5) is 10.8. The first-order chi connectivity index (χ1) is 9.81. The highest BCUT2D eigenvalue weighted by atomic mass is 35.5. The van der Waals surface area contributed by atoms with E-state index in [1.165, 1.54) is 18.2 Å². The molecule has 0 atom stereocenters. The normalized spacial score (nSPS) is 11.1. The topological polar surface area (TPSA) is 83.5 Å². The molecule has 110 valence electrons. The molecular formula is C14H12ClNO4S. The standard InChI is InChI=1S/C14H12ClNO4S/c1-9-12(15)6-3-7-13(9)16-21(19,20)11-5-2-4-10(8-11)14(17)18/h2-8,16H,1H3,(H,17,18). The van der Waals surface area contributed by atoms with Crippen LogP contribution < -0.4 is 4.72 Å². The maximum absolute atomic E-state index is 12.3. The summed E-state index contributed by atoms with van der Waals surface area (Å²) in [5, 5.41) is 9.35. The fourth-order valence-electron chi connectivity index (χ4n) is 1.72. The minimum atomic E-state index is -3.88. The first-order valence-electron chi connectivity index (χ1n) is 5.92. The van der Waals surface area contributed by atoms with Crippen molar-refractivity contribution >= 4 is 33.3 Å². The van der Waals surface area contributed by atoms with E-state index in [0.717, 1.165) is 6.07 Å². The summed E-state index contributed by atoms with van der Waals surface area (Å²) in [6, 6.07) is 9.99. The van der Waals surface area contributed by atoms with Crippen LogP contribution in [0.4, 0.5) is 5.69 Å². The molecule has 0 spiro atoms. The van der Waals surface area contributed by atoms with Crippen molar-refractivity contribution in [1.82, 2.24) is 0 Å². The van der Waals surface area contributed by atoms with Crippen LogP contribution in [-0.4, -0.2) is 19.5 Å². The number of halogens is 1. The molecule has 2 aromatic carbocycles. The molecule has 0 aliphatic heterocycles. The summed E-state index contributed by atoms with van der Waals surface area (Å²) in [7, 11) is -3.88. The molecule has 2 N–H and O–H groups in total. The summed E-state index contributed by atoms with van der Waals surface area (Å²) in [5.74, 6) is -1.19. The first-order valence-corrected chi connectivity index (χ1v) is 7.78. The van der Waals surface area contributed by atoms with Gasteiger partial charge in [-0.25, -0.2) is 13.2 Å². The summed E-state index contributed by atoms with van der Waals surface area (Å²) in [6.07, 6.45) is 0. The smallest absolute Gasteiger partial charge is 0.335 e. The number of anilines is 1. The zero-order valence-corrected chi connectivity index (χ0v) is 12.6. The number of hydrogen-bond donors (Lipinski definition) is 2. The van der Waals surface area contributed by atoms with Crippen molar-refractivity contribution < 1.29 is 18.3 Å². The number of aromatic carboxylic acids is 1. The van der Waals surface area contributed by atoms with Gasteiger partial charge in [0, 0.05) is 5.02 Å². The monoisotopic (exact) mass is 325 g/mol. The fraction of sp³-hybridized carbons (Fsp3) is 0.0714. The van der Waals surface area contributed by atoms with Crippen LogP contribution in [0.3, 0.4) is 0 Å². The van der Waals surface area contributed by atoms with Crippen molar-refractivity contribution in [3.05, 3.63) is 58.6 Å². The van der Waals surface area contributed by atoms with E-state index >= 15 is 0 Å². The van der Waals surface area contributed by atoms with Crippen LogP contribution in [0, 0.1) is 6.92 Å². The minimum Gasteiger partial charge on any atom is -0.478 e. The number of sulfonamides is 1. The van der Waals surface area contributed by atoms with E-state index < -0.39 is 16.0 Å². The van der Waals surface area contributed by atoms with Gasteiger partial charge in [0.25, 0.3) is 10.0 Å². The van der Waals surface area contributed by atoms with Crippen LogP contribution in [0.25, 0.3) is 0 Å². The molecule has 2 aromatic rings. The van der Waals surface area contributed by atoms with Crippen molar-refractivity contribution in [2.75, 3.05) is 4.72 Å². The first kappa shape index (κ1) is 15.3. The number of carboxylic acid groups (broad SMARTS) is 1. The molecule has 0 heterocycles. The number of benzene rings is 2. The molecule has 0 saturated carbocycles. The molecule has 0 bridgehead atoms. The van der Waals surface area contributed by atoms with Crippen molar-refractivity contribution in [3.8, 4) is 0 Å². The second-order valence-electron chi connectivity index (χ2n) is 4.35. The lowest BCUT2D eigenvalue weighted by molar-refractivity contribution is 0.0696. The van der Waals surface area contributed by atoms with Crippen LogP contribution in [0.5, 0.6) is 0 Å². The summed E-state index contributed by atoms with van der Waals surface area (Å²) in [5.41, 5.74) is 0.848. The Morgan fingerprint density at radius 2 is 1.86 bits per heavy atom. The molecule has 0 aromatic heterocycles. The van der Waals surface area contributed by atoms with E-state index in [2.05, 4.69) is 4.72 Å². The Balaban J connectivity index is 2.41. The van der Waals surface area contributed by atoms with Gasteiger partial charge < -0.3 is 5.11 Å². The lowest BCUT2D eigenvalue weighted by Gasteiger charge is -2.11. The van der Waals surface area contributed by atoms with Gasteiger partial charge in [-0.3, -0.25) is 4.72 Å². The van der Waals surface area contributed by atoms with Gasteiger partial charge in [0.15, 0.2) is 0 Å². The average Bonchev–Trinajstić information content (AvgIpc) is 2.44. The Morgan fingerprint density at radius 1 is 1.19 bits per heavy atom. The van der Waals surface area contributed by atoms with E-state index in [9.17, 15) is 13.2 Å². The van der Waals surface area contributed by atoms with Gasteiger partial charge in [-0.1, -0.05) is 23.7 Å². The number of carbonyl (C=O) groups is 1.